The molecule has 0 amide bonds. The molecule has 5 nitrogen and oxygen atoms in total. The van der Waals surface area contributed by atoms with E-state index in [1.54, 1.807) is 18.3 Å². The third-order valence-corrected chi connectivity index (χ3v) is 4.98. The number of nitrogens with zero attached hydrogens (tertiary/aromatic N) is 1. The molecule has 0 spiro atoms. The number of nitrogens with one attached hydrogen (secondary N) is 2. The van der Waals surface area contributed by atoms with Crippen LogP contribution in [-0.4, -0.2) is 43.4 Å². The zero-order valence-corrected chi connectivity index (χ0v) is 15.7. The van der Waals surface area contributed by atoms with Gasteiger partial charge < -0.3 is 20.5 Å². The Morgan fingerprint density at radius 3 is 2.88 bits per heavy atom. The molecule has 2 rings (SSSR count). The summed E-state index contributed by atoms with van der Waals surface area (Å²) in [4.78, 5) is 4.52. The smallest absolute Gasteiger partial charge is 0.191 e. The number of aliphatic hydroxyl groups is 1. The van der Waals surface area contributed by atoms with Crippen molar-refractivity contribution in [3.63, 3.8) is 0 Å². The van der Waals surface area contributed by atoms with E-state index in [0.717, 1.165) is 37.6 Å². The van der Waals surface area contributed by atoms with Gasteiger partial charge in [-0.2, -0.15) is 11.3 Å². The normalized spacial score (nSPS) is 18.5. The first kappa shape index (κ1) is 19.2. The van der Waals surface area contributed by atoms with Crippen LogP contribution in [0.3, 0.4) is 0 Å². The van der Waals surface area contributed by atoms with Crippen molar-refractivity contribution in [3.05, 3.63) is 22.4 Å². The van der Waals surface area contributed by atoms with E-state index in [2.05, 4.69) is 15.6 Å². The Kier molecular flexibility index (Phi) is 8.02. The summed E-state index contributed by atoms with van der Waals surface area (Å²) in [6.07, 6.45) is 6.49. The summed E-state index contributed by atoms with van der Waals surface area (Å²) in [7, 11) is 0. The van der Waals surface area contributed by atoms with Crippen LogP contribution in [0.1, 0.15) is 51.5 Å². The first-order valence-corrected chi connectivity index (χ1v) is 9.95. The molecule has 1 unspecified atom stereocenters. The van der Waals surface area contributed by atoms with Crippen molar-refractivity contribution in [2.24, 2.45) is 4.99 Å². The Balaban J connectivity index is 1.71. The minimum absolute atomic E-state index is 0.331. The fraction of sp³-hybridized carbons (Fsp3) is 0.722. The van der Waals surface area contributed by atoms with Crippen LogP contribution in [0.25, 0.3) is 0 Å². The van der Waals surface area contributed by atoms with E-state index in [4.69, 9.17) is 4.74 Å². The Labute approximate surface area is 149 Å². The van der Waals surface area contributed by atoms with Gasteiger partial charge in [0.05, 0.1) is 12.6 Å². The molecular weight excluding hydrogens is 322 g/mol. The van der Waals surface area contributed by atoms with Crippen molar-refractivity contribution in [2.75, 3.05) is 26.2 Å². The van der Waals surface area contributed by atoms with Crippen molar-refractivity contribution >= 4 is 17.3 Å². The second-order valence-electron chi connectivity index (χ2n) is 6.54. The fourth-order valence-corrected chi connectivity index (χ4v) is 3.60. The SMILES string of the molecule is CCNC(=NCC(C)(O)c1ccsc1)NCCCOC1CCCC1. The van der Waals surface area contributed by atoms with E-state index >= 15 is 0 Å². The number of hydrogen-bond donors (Lipinski definition) is 3. The van der Waals surface area contributed by atoms with Gasteiger partial charge in [-0.3, -0.25) is 0 Å². The summed E-state index contributed by atoms with van der Waals surface area (Å²) in [6, 6.07) is 1.95. The highest BCUT2D eigenvalue weighted by Gasteiger charge is 2.23. The largest absolute Gasteiger partial charge is 0.383 e. The molecule has 1 atom stereocenters. The maximum absolute atomic E-state index is 10.5. The lowest BCUT2D eigenvalue weighted by Gasteiger charge is -2.21. The van der Waals surface area contributed by atoms with Crippen LogP contribution in [-0.2, 0) is 10.3 Å². The molecular formula is C18H31N3O2S. The lowest BCUT2D eigenvalue weighted by Crippen LogP contribution is -2.39. The van der Waals surface area contributed by atoms with Gasteiger partial charge in [-0.25, -0.2) is 4.99 Å². The molecule has 136 valence electrons. The average molecular weight is 354 g/mol. The second-order valence-corrected chi connectivity index (χ2v) is 7.32. The minimum Gasteiger partial charge on any atom is -0.383 e. The molecule has 1 saturated carbocycles. The molecule has 0 radical (unpaired) electrons. The van der Waals surface area contributed by atoms with Crippen molar-refractivity contribution in [1.29, 1.82) is 0 Å². The summed E-state index contributed by atoms with van der Waals surface area (Å²) in [5, 5.41) is 21.0. The maximum atomic E-state index is 10.5. The summed E-state index contributed by atoms with van der Waals surface area (Å²) < 4.78 is 5.87. The van der Waals surface area contributed by atoms with Gasteiger partial charge >= 0.3 is 0 Å². The third-order valence-electron chi connectivity index (χ3n) is 4.30. The molecule has 1 aliphatic carbocycles. The van der Waals surface area contributed by atoms with Gasteiger partial charge in [-0.1, -0.05) is 12.8 Å². The van der Waals surface area contributed by atoms with Crippen molar-refractivity contribution in [2.45, 2.75) is 57.7 Å². The van der Waals surface area contributed by atoms with Gasteiger partial charge in [0, 0.05) is 19.7 Å². The number of rotatable bonds is 9. The molecule has 6 heteroatoms. The van der Waals surface area contributed by atoms with Crippen LogP contribution < -0.4 is 10.6 Å². The van der Waals surface area contributed by atoms with E-state index in [9.17, 15) is 5.11 Å². The van der Waals surface area contributed by atoms with Crippen molar-refractivity contribution in [3.8, 4) is 0 Å². The summed E-state index contributed by atoms with van der Waals surface area (Å²) in [6.45, 7) is 6.58. The Hall–Kier alpha value is -1.11. The zero-order chi connectivity index (χ0) is 17.3. The van der Waals surface area contributed by atoms with E-state index in [1.807, 2.05) is 23.8 Å². The number of aliphatic imine (C=N–C) groups is 1. The first-order chi connectivity index (χ1) is 11.6. The molecule has 1 heterocycles. The Morgan fingerprint density at radius 1 is 1.42 bits per heavy atom. The van der Waals surface area contributed by atoms with Crippen molar-refractivity contribution < 1.29 is 9.84 Å². The van der Waals surface area contributed by atoms with Gasteiger partial charge in [0.25, 0.3) is 0 Å². The Morgan fingerprint density at radius 2 is 2.21 bits per heavy atom. The molecule has 1 fully saturated rings. The highest BCUT2D eigenvalue weighted by Crippen LogP contribution is 2.23. The molecule has 3 N–H and O–H groups in total. The summed E-state index contributed by atoms with van der Waals surface area (Å²) >= 11 is 1.59. The van der Waals surface area contributed by atoms with Crippen molar-refractivity contribution in [1.82, 2.24) is 10.6 Å². The highest BCUT2D eigenvalue weighted by molar-refractivity contribution is 7.08. The fourth-order valence-electron chi connectivity index (χ4n) is 2.82. The zero-order valence-electron chi connectivity index (χ0n) is 14.9. The quantitative estimate of drug-likeness (QED) is 0.363. The van der Waals surface area contributed by atoms with E-state index < -0.39 is 5.60 Å². The molecule has 0 aliphatic heterocycles. The van der Waals surface area contributed by atoms with Crippen LogP contribution in [0.15, 0.2) is 21.8 Å². The predicted molar refractivity (Wildman–Crippen MR) is 101 cm³/mol. The molecule has 1 aliphatic rings. The number of ether oxygens (including phenoxy) is 1. The van der Waals surface area contributed by atoms with Gasteiger partial charge in [-0.05, 0) is 55.5 Å². The molecule has 1 aromatic heterocycles. The molecule has 1 aromatic rings. The highest BCUT2D eigenvalue weighted by atomic mass is 32.1. The minimum atomic E-state index is -0.937. The summed E-state index contributed by atoms with van der Waals surface area (Å²) in [5.74, 6) is 0.744. The maximum Gasteiger partial charge on any atom is 0.191 e. The van der Waals surface area contributed by atoms with Crippen LogP contribution in [0.5, 0.6) is 0 Å². The number of thiophene rings is 1. The molecule has 0 aromatic carbocycles. The predicted octanol–water partition coefficient (Wildman–Crippen LogP) is 2.86. The molecule has 0 saturated heterocycles. The molecule has 24 heavy (non-hydrogen) atoms. The lowest BCUT2D eigenvalue weighted by atomic mass is 10.00. The van der Waals surface area contributed by atoms with Crippen LogP contribution in [0.4, 0.5) is 0 Å². The number of hydrogen-bond acceptors (Lipinski definition) is 4. The van der Waals surface area contributed by atoms with E-state index in [-0.39, 0.29) is 0 Å². The van der Waals surface area contributed by atoms with Gasteiger partial charge in [0.2, 0.25) is 0 Å². The van der Waals surface area contributed by atoms with Crippen LogP contribution >= 0.6 is 11.3 Å². The first-order valence-electron chi connectivity index (χ1n) is 9.00. The third kappa shape index (κ3) is 6.42. The van der Waals surface area contributed by atoms with Gasteiger partial charge in [0.15, 0.2) is 5.96 Å². The van der Waals surface area contributed by atoms with Crippen LogP contribution in [0.2, 0.25) is 0 Å². The second kappa shape index (κ2) is 10.0. The van der Waals surface area contributed by atoms with E-state index in [1.165, 1.54) is 25.7 Å². The van der Waals surface area contributed by atoms with E-state index in [0.29, 0.717) is 12.6 Å². The number of guanidine groups is 1. The standard InChI is InChI=1S/C18H31N3O2S/c1-3-19-17(20-10-6-11-23-16-7-4-5-8-16)21-14-18(2,22)15-9-12-24-13-15/h9,12-13,16,22H,3-8,10-11,14H2,1-2H3,(H2,19,20,21). The lowest BCUT2D eigenvalue weighted by molar-refractivity contribution is 0.0573. The monoisotopic (exact) mass is 353 g/mol. The Bertz CT molecular complexity index is 482. The van der Waals surface area contributed by atoms with Crippen LogP contribution in [0, 0.1) is 0 Å². The average Bonchev–Trinajstić information content (AvgIpc) is 3.25. The van der Waals surface area contributed by atoms with Gasteiger partial charge in [-0.15, -0.1) is 0 Å². The van der Waals surface area contributed by atoms with Gasteiger partial charge in [0.1, 0.15) is 5.60 Å². The topological polar surface area (TPSA) is 65.9 Å². The summed E-state index contributed by atoms with van der Waals surface area (Å²) in [5.41, 5.74) is -0.0226. The molecule has 0 bridgehead atoms.